The molecule has 0 amide bonds. The molecule has 1 fully saturated rings. The lowest BCUT2D eigenvalue weighted by molar-refractivity contribution is 0.342. The van der Waals surface area contributed by atoms with E-state index in [0.717, 1.165) is 48.4 Å². The summed E-state index contributed by atoms with van der Waals surface area (Å²) in [5.41, 5.74) is 2.44. The fourth-order valence-corrected chi connectivity index (χ4v) is 3.94. The van der Waals surface area contributed by atoms with Gasteiger partial charge in [0.25, 0.3) is 0 Å². The van der Waals surface area contributed by atoms with E-state index < -0.39 is 0 Å². The third-order valence-electron chi connectivity index (χ3n) is 4.99. The maximum Gasteiger partial charge on any atom is 0.0450 e. The van der Waals surface area contributed by atoms with Crippen LogP contribution in [0.5, 0.6) is 0 Å². The van der Waals surface area contributed by atoms with E-state index in [9.17, 15) is 0 Å². The molecule has 26 heavy (non-hydrogen) atoms. The van der Waals surface area contributed by atoms with Crippen LogP contribution in [0.2, 0.25) is 5.02 Å². The molecule has 1 saturated carbocycles. The lowest BCUT2D eigenvalue weighted by Gasteiger charge is -2.21. The van der Waals surface area contributed by atoms with E-state index in [1.807, 2.05) is 25.2 Å². The zero-order chi connectivity index (χ0) is 18.6. The van der Waals surface area contributed by atoms with Gasteiger partial charge in [-0.25, -0.2) is 0 Å². The van der Waals surface area contributed by atoms with Crippen LogP contribution in [0.1, 0.15) is 50.5 Å². The number of halogens is 2. The highest BCUT2D eigenvalue weighted by atomic mass is 35.5. The highest BCUT2D eigenvalue weighted by Gasteiger charge is 2.12. The molecule has 0 atom stereocenters. The van der Waals surface area contributed by atoms with Gasteiger partial charge < -0.3 is 10.6 Å². The Morgan fingerprint density at radius 3 is 2.38 bits per heavy atom. The van der Waals surface area contributed by atoms with Gasteiger partial charge in [0.2, 0.25) is 0 Å². The van der Waals surface area contributed by atoms with E-state index in [2.05, 4.69) is 28.9 Å². The van der Waals surface area contributed by atoms with Gasteiger partial charge in [-0.15, -0.1) is 0 Å². The Labute approximate surface area is 169 Å². The van der Waals surface area contributed by atoms with Crippen LogP contribution in [0, 0.1) is 5.92 Å². The average Bonchev–Trinajstić information content (AvgIpc) is 2.67. The van der Waals surface area contributed by atoms with E-state index in [-0.39, 0.29) is 0 Å². The second-order valence-corrected chi connectivity index (χ2v) is 7.93. The van der Waals surface area contributed by atoms with Crippen molar-refractivity contribution in [2.24, 2.45) is 5.92 Å². The highest BCUT2D eigenvalue weighted by molar-refractivity contribution is 6.32. The molecule has 1 aromatic rings. The Morgan fingerprint density at radius 1 is 0.962 bits per heavy atom. The van der Waals surface area contributed by atoms with Crippen molar-refractivity contribution in [2.45, 2.75) is 51.5 Å². The predicted octanol–water partition coefficient (Wildman–Crippen LogP) is 6.06. The molecule has 0 unspecified atom stereocenters. The fraction of sp³-hybridized carbons (Fsp3) is 0.545. The Hall–Kier alpha value is -0.800. The summed E-state index contributed by atoms with van der Waals surface area (Å²) in [6.07, 6.45) is 13.6. The molecule has 0 saturated heterocycles. The van der Waals surface area contributed by atoms with Crippen molar-refractivity contribution in [2.75, 3.05) is 20.1 Å². The van der Waals surface area contributed by atoms with E-state index in [1.165, 1.54) is 43.2 Å². The fourth-order valence-electron chi connectivity index (χ4n) is 3.49. The largest absolute Gasteiger partial charge is 0.316 e. The molecular formula is C22H32Cl2N2. The number of hydrogen-bond donors (Lipinski definition) is 2. The summed E-state index contributed by atoms with van der Waals surface area (Å²) in [7, 11) is 1.93. The topological polar surface area (TPSA) is 24.1 Å². The van der Waals surface area contributed by atoms with Crippen molar-refractivity contribution in [3.8, 4) is 0 Å². The molecule has 2 N–H and O–H groups in total. The summed E-state index contributed by atoms with van der Waals surface area (Å²) >= 11 is 12.0. The molecule has 4 heteroatoms. The molecule has 1 aromatic carbocycles. The molecule has 0 aliphatic heterocycles. The summed E-state index contributed by atoms with van der Waals surface area (Å²) in [5, 5.41) is 8.39. The number of hydrogen-bond acceptors (Lipinski definition) is 2. The van der Waals surface area contributed by atoms with Crippen LogP contribution in [-0.2, 0) is 6.54 Å². The first-order valence-corrected chi connectivity index (χ1v) is 10.6. The number of rotatable bonds is 6. The molecule has 0 spiro atoms. The first-order chi connectivity index (χ1) is 12.7. The van der Waals surface area contributed by atoms with Crippen LogP contribution in [0.4, 0.5) is 0 Å². The van der Waals surface area contributed by atoms with Crippen molar-refractivity contribution < 1.29 is 0 Å². The standard InChI is InChI=1S/C14H20ClN.C8H12ClN/c15-14-9-5-4-8-13(14)11-16-10-12-6-2-1-3-7-12;1-10-6-7-4-2-3-5-8(7)9/h4-5,8-9,12,16H,1-3,6-7,10-11H2;4-5,10H,2-3,6H2,1H3. The lowest BCUT2D eigenvalue weighted by atomic mass is 9.89. The molecule has 0 radical (unpaired) electrons. The number of likely N-dealkylation sites (N-methyl/N-ethyl adjacent to an activating group) is 1. The minimum atomic E-state index is 0.874. The molecule has 2 aliphatic rings. The second-order valence-electron chi connectivity index (χ2n) is 7.12. The molecule has 3 rings (SSSR count). The zero-order valence-electron chi connectivity index (χ0n) is 15.9. The second kappa shape index (κ2) is 12.6. The maximum absolute atomic E-state index is 6.11. The van der Waals surface area contributed by atoms with Crippen LogP contribution >= 0.6 is 23.2 Å². The molecule has 0 aromatic heterocycles. The van der Waals surface area contributed by atoms with E-state index in [1.54, 1.807) is 0 Å². The van der Waals surface area contributed by atoms with Gasteiger partial charge in [0.05, 0.1) is 0 Å². The summed E-state index contributed by atoms with van der Waals surface area (Å²) in [6, 6.07) is 8.08. The van der Waals surface area contributed by atoms with Crippen molar-refractivity contribution in [3.05, 3.63) is 57.6 Å². The van der Waals surface area contributed by atoms with E-state index in [0.29, 0.717) is 0 Å². The van der Waals surface area contributed by atoms with Crippen LogP contribution < -0.4 is 10.6 Å². The SMILES string of the molecule is CNCC1=CCCC=C1Cl.Clc1ccccc1CNCC1CCCCC1. The third-order valence-corrected chi connectivity index (χ3v) is 5.75. The molecular weight excluding hydrogens is 363 g/mol. The molecule has 2 nitrogen and oxygen atoms in total. The summed E-state index contributed by atoms with van der Waals surface area (Å²) in [5.74, 6) is 0.885. The molecule has 2 aliphatic carbocycles. The van der Waals surface area contributed by atoms with Gasteiger partial charge >= 0.3 is 0 Å². The maximum atomic E-state index is 6.11. The van der Waals surface area contributed by atoms with Gasteiger partial charge in [-0.1, -0.05) is 72.8 Å². The summed E-state index contributed by atoms with van der Waals surface area (Å²) < 4.78 is 0. The molecule has 0 bridgehead atoms. The lowest BCUT2D eigenvalue weighted by Crippen LogP contribution is -2.24. The van der Waals surface area contributed by atoms with Gasteiger partial charge in [0.15, 0.2) is 0 Å². The number of benzene rings is 1. The van der Waals surface area contributed by atoms with Crippen LogP contribution in [0.15, 0.2) is 47.0 Å². The van der Waals surface area contributed by atoms with Crippen molar-refractivity contribution in [1.29, 1.82) is 0 Å². The van der Waals surface area contributed by atoms with E-state index in [4.69, 9.17) is 23.2 Å². The Kier molecular flexibility index (Phi) is 10.4. The predicted molar refractivity (Wildman–Crippen MR) is 115 cm³/mol. The quantitative estimate of drug-likeness (QED) is 0.612. The Bertz CT molecular complexity index is 590. The Balaban J connectivity index is 0.000000209. The van der Waals surface area contributed by atoms with Gasteiger partial charge in [0.1, 0.15) is 0 Å². The van der Waals surface area contributed by atoms with Gasteiger partial charge in [-0.2, -0.15) is 0 Å². The minimum Gasteiger partial charge on any atom is -0.316 e. The first-order valence-electron chi connectivity index (χ1n) is 9.84. The zero-order valence-corrected chi connectivity index (χ0v) is 17.4. The summed E-state index contributed by atoms with van der Waals surface area (Å²) in [6.45, 7) is 2.93. The van der Waals surface area contributed by atoms with Crippen molar-refractivity contribution in [1.82, 2.24) is 10.6 Å². The molecule has 144 valence electrons. The smallest absolute Gasteiger partial charge is 0.0450 e. The Morgan fingerprint density at radius 2 is 1.69 bits per heavy atom. The summed E-state index contributed by atoms with van der Waals surface area (Å²) in [4.78, 5) is 0. The van der Waals surface area contributed by atoms with Gasteiger partial charge in [-0.05, 0) is 62.4 Å². The van der Waals surface area contributed by atoms with Crippen molar-refractivity contribution in [3.63, 3.8) is 0 Å². The number of allylic oxidation sites excluding steroid dienone is 2. The van der Waals surface area contributed by atoms with Crippen molar-refractivity contribution >= 4 is 23.2 Å². The number of nitrogens with one attached hydrogen (secondary N) is 2. The van der Waals surface area contributed by atoms with Gasteiger partial charge in [-0.3, -0.25) is 0 Å². The molecule has 0 heterocycles. The van der Waals surface area contributed by atoms with Crippen LogP contribution in [0.25, 0.3) is 0 Å². The van der Waals surface area contributed by atoms with Gasteiger partial charge in [0, 0.05) is 23.1 Å². The van der Waals surface area contributed by atoms with Crippen LogP contribution in [-0.4, -0.2) is 20.1 Å². The average molecular weight is 395 g/mol. The van der Waals surface area contributed by atoms with Crippen LogP contribution in [0.3, 0.4) is 0 Å². The van der Waals surface area contributed by atoms with E-state index >= 15 is 0 Å². The normalized spacial score (nSPS) is 17.8. The monoisotopic (exact) mass is 394 g/mol. The third kappa shape index (κ3) is 7.84. The minimum absolute atomic E-state index is 0.874. The highest BCUT2D eigenvalue weighted by Crippen LogP contribution is 2.23. The first kappa shape index (κ1) is 21.5.